The summed E-state index contributed by atoms with van der Waals surface area (Å²) in [5.41, 5.74) is 1.06. The summed E-state index contributed by atoms with van der Waals surface area (Å²) in [6.07, 6.45) is 5.33. The standard InChI is InChI=1S/C10H16N4/c1-9(10-8-12-2-3-13-10)14-6-4-11-5-7-14/h2-3,8-9,11H,4-7H2,1H3/t9-/m0/s1. The maximum Gasteiger partial charge on any atom is 0.0755 e. The fraction of sp³-hybridized carbons (Fsp3) is 0.600. The molecule has 1 aliphatic heterocycles. The highest BCUT2D eigenvalue weighted by Crippen LogP contribution is 2.16. The van der Waals surface area contributed by atoms with E-state index in [2.05, 4.69) is 27.1 Å². The largest absolute Gasteiger partial charge is 0.314 e. The topological polar surface area (TPSA) is 41.1 Å². The van der Waals surface area contributed by atoms with Crippen LogP contribution in [0.1, 0.15) is 18.7 Å². The number of aromatic nitrogens is 2. The Balaban J connectivity index is 2.03. The lowest BCUT2D eigenvalue weighted by Gasteiger charge is -2.32. The summed E-state index contributed by atoms with van der Waals surface area (Å²) in [5.74, 6) is 0. The Morgan fingerprint density at radius 3 is 2.79 bits per heavy atom. The molecule has 0 aliphatic carbocycles. The molecular weight excluding hydrogens is 176 g/mol. The van der Waals surface area contributed by atoms with Gasteiger partial charge in [-0.25, -0.2) is 0 Å². The summed E-state index contributed by atoms with van der Waals surface area (Å²) in [4.78, 5) is 10.9. The first-order valence-electron chi connectivity index (χ1n) is 5.08. The highest BCUT2D eigenvalue weighted by molar-refractivity contribution is 5.01. The van der Waals surface area contributed by atoms with E-state index >= 15 is 0 Å². The summed E-state index contributed by atoms with van der Waals surface area (Å²) in [6, 6.07) is 0.380. The van der Waals surface area contributed by atoms with Gasteiger partial charge in [0.2, 0.25) is 0 Å². The Bertz CT molecular complexity index is 269. The van der Waals surface area contributed by atoms with Crippen LogP contribution in [0.25, 0.3) is 0 Å². The van der Waals surface area contributed by atoms with Gasteiger partial charge < -0.3 is 5.32 Å². The highest BCUT2D eigenvalue weighted by Gasteiger charge is 2.18. The zero-order valence-electron chi connectivity index (χ0n) is 8.48. The second kappa shape index (κ2) is 4.48. The van der Waals surface area contributed by atoms with E-state index in [1.807, 2.05) is 6.20 Å². The maximum absolute atomic E-state index is 4.33. The molecule has 76 valence electrons. The molecular formula is C10H16N4. The third-order valence-corrected chi connectivity index (χ3v) is 2.71. The minimum atomic E-state index is 0.380. The molecule has 0 saturated carbocycles. The van der Waals surface area contributed by atoms with E-state index in [0.29, 0.717) is 6.04 Å². The fourth-order valence-corrected chi connectivity index (χ4v) is 1.78. The van der Waals surface area contributed by atoms with Crippen molar-refractivity contribution in [3.63, 3.8) is 0 Å². The molecule has 1 aromatic heterocycles. The van der Waals surface area contributed by atoms with Crippen LogP contribution in [0.15, 0.2) is 18.6 Å². The van der Waals surface area contributed by atoms with Crippen molar-refractivity contribution in [2.45, 2.75) is 13.0 Å². The van der Waals surface area contributed by atoms with Crippen LogP contribution in [-0.4, -0.2) is 41.0 Å². The normalized spacial score (nSPS) is 20.6. The van der Waals surface area contributed by atoms with Crippen molar-refractivity contribution in [2.24, 2.45) is 0 Å². The molecule has 14 heavy (non-hydrogen) atoms. The number of nitrogens with one attached hydrogen (secondary N) is 1. The zero-order valence-corrected chi connectivity index (χ0v) is 8.48. The predicted molar refractivity (Wildman–Crippen MR) is 54.9 cm³/mol. The molecule has 1 atom stereocenters. The van der Waals surface area contributed by atoms with Gasteiger partial charge in [-0.1, -0.05) is 0 Å². The van der Waals surface area contributed by atoms with Crippen LogP contribution in [0.4, 0.5) is 0 Å². The lowest BCUT2D eigenvalue weighted by Crippen LogP contribution is -2.44. The quantitative estimate of drug-likeness (QED) is 0.738. The number of hydrogen-bond donors (Lipinski definition) is 1. The summed E-state index contributed by atoms with van der Waals surface area (Å²) >= 11 is 0. The molecule has 1 saturated heterocycles. The minimum absolute atomic E-state index is 0.380. The van der Waals surface area contributed by atoms with E-state index in [0.717, 1.165) is 31.9 Å². The fourth-order valence-electron chi connectivity index (χ4n) is 1.78. The molecule has 2 heterocycles. The molecule has 1 aromatic rings. The number of hydrogen-bond acceptors (Lipinski definition) is 4. The van der Waals surface area contributed by atoms with E-state index in [1.54, 1.807) is 12.4 Å². The van der Waals surface area contributed by atoms with Crippen molar-refractivity contribution in [3.05, 3.63) is 24.3 Å². The average Bonchev–Trinajstić information content (AvgIpc) is 2.30. The number of rotatable bonds is 2. The first-order valence-corrected chi connectivity index (χ1v) is 5.08. The molecule has 4 heteroatoms. The maximum atomic E-state index is 4.33. The van der Waals surface area contributed by atoms with Crippen molar-refractivity contribution in [1.82, 2.24) is 20.2 Å². The average molecular weight is 192 g/mol. The van der Waals surface area contributed by atoms with Gasteiger partial charge in [-0.3, -0.25) is 14.9 Å². The van der Waals surface area contributed by atoms with Crippen molar-refractivity contribution >= 4 is 0 Å². The van der Waals surface area contributed by atoms with Gasteiger partial charge in [0, 0.05) is 44.8 Å². The molecule has 0 spiro atoms. The smallest absolute Gasteiger partial charge is 0.0755 e. The van der Waals surface area contributed by atoms with Crippen LogP contribution >= 0.6 is 0 Å². The SMILES string of the molecule is C[C@@H](c1cnccn1)N1CCNCC1. The van der Waals surface area contributed by atoms with E-state index in [-0.39, 0.29) is 0 Å². The molecule has 0 radical (unpaired) electrons. The van der Waals surface area contributed by atoms with Crippen molar-refractivity contribution in [1.29, 1.82) is 0 Å². The molecule has 1 fully saturated rings. The molecule has 0 unspecified atom stereocenters. The number of nitrogens with zero attached hydrogens (tertiary/aromatic N) is 3. The van der Waals surface area contributed by atoms with Gasteiger partial charge in [-0.05, 0) is 6.92 Å². The summed E-state index contributed by atoms with van der Waals surface area (Å²) in [5, 5.41) is 3.34. The molecule has 2 rings (SSSR count). The van der Waals surface area contributed by atoms with Gasteiger partial charge in [0.05, 0.1) is 11.7 Å². The summed E-state index contributed by atoms with van der Waals surface area (Å²) < 4.78 is 0. The summed E-state index contributed by atoms with van der Waals surface area (Å²) in [6.45, 7) is 6.53. The molecule has 1 N–H and O–H groups in total. The van der Waals surface area contributed by atoms with Crippen molar-refractivity contribution in [2.75, 3.05) is 26.2 Å². The van der Waals surface area contributed by atoms with Crippen molar-refractivity contribution < 1.29 is 0 Å². The lowest BCUT2D eigenvalue weighted by molar-refractivity contribution is 0.182. The second-order valence-electron chi connectivity index (χ2n) is 3.59. The predicted octanol–water partition coefficient (Wildman–Crippen LogP) is 0.443. The lowest BCUT2D eigenvalue weighted by atomic mass is 10.2. The van der Waals surface area contributed by atoms with E-state index in [1.165, 1.54) is 0 Å². The summed E-state index contributed by atoms with van der Waals surface area (Å²) in [7, 11) is 0. The van der Waals surface area contributed by atoms with Gasteiger partial charge in [0.25, 0.3) is 0 Å². The van der Waals surface area contributed by atoms with Crippen LogP contribution in [0.3, 0.4) is 0 Å². The Hall–Kier alpha value is -1.00. The molecule has 1 aliphatic rings. The van der Waals surface area contributed by atoms with Gasteiger partial charge in [-0.2, -0.15) is 0 Å². The molecule has 0 amide bonds. The Labute approximate surface area is 84.4 Å². The molecule has 4 nitrogen and oxygen atoms in total. The van der Waals surface area contributed by atoms with Gasteiger partial charge in [-0.15, -0.1) is 0 Å². The van der Waals surface area contributed by atoms with E-state index in [4.69, 9.17) is 0 Å². The first-order chi connectivity index (χ1) is 6.88. The highest BCUT2D eigenvalue weighted by atomic mass is 15.2. The van der Waals surface area contributed by atoms with Crippen LogP contribution in [0.2, 0.25) is 0 Å². The Kier molecular flexibility index (Phi) is 3.06. The molecule has 0 bridgehead atoms. The molecule has 0 aromatic carbocycles. The second-order valence-corrected chi connectivity index (χ2v) is 3.59. The first kappa shape index (κ1) is 9.55. The monoisotopic (exact) mass is 192 g/mol. The minimum Gasteiger partial charge on any atom is -0.314 e. The number of piperazine rings is 1. The third-order valence-electron chi connectivity index (χ3n) is 2.71. The van der Waals surface area contributed by atoms with Gasteiger partial charge in [0.15, 0.2) is 0 Å². The van der Waals surface area contributed by atoms with Gasteiger partial charge >= 0.3 is 0 Å². The van der Waals surface area contributed by atoms with E-state index < -0.39 is 0 Å². The van der Waals surface area contributed by atoms with Crippen molar-refractivity contribution in [3.8, 4) is 0 Å². The zero-order chi connectivity index (χ0) is 9.80. The Morgan fingerprint density at radius 1 is 1.36 bits per heavy atom. The van der Waals surface area contributed by atoms with Crippen LogP contribution in [-0.2, 0) is 0 Å². The van der Waals surface area contributed by atoms with Crippen LogP contribution in [0.5, 0.6) is 0 Å². The van der Waals surface area contributed by atoms with E-state index in [9.17, 15) is 0 Å². The van der Waals surface area contributed by atoms with Crippen LogP contribution in [0, 0.1) is 0 Å². The third kappa shape index (κ3) is 2.08. The van der Waals surface area contributed by atoms with Gasteiger partial charge in [0.1, 0.15) is 0 Å². The Morgan fingerprint density at radius 2 is 2.14 bits per heavy atom. The van der Waals surface area contributed by atoms with Crippen LogP contribution < -0.4 is 5.32 Å².